The number of hydrogen-bond acceptors (Lipinski definition) is 6. The van der Waals surface area contributed by atoms with Crippen molar-refractivity contribution in [3.8, 4) is 5.00 Å². The van der Waals surface area contributed by atoms with Crippen LogP contribution in [-0.4, -0.2) is 71.4 Å². The van der Waals surface area contributed by atoms with Gasteiger partial charge in [-0.25, -0.2) is 4.99 Å². The van der Waals surface area contributed by atoms with Crippen LogP contribution < -0.4 is 0 Å². The van der Waals surface area contributed by atoms with Crippen LogP contribution in [0.1, 0.15) is 50.3 Å². The first-order chi connectivity index (χ1) is 22.8. The number of thiophene rings is 1. The highest BCUT2D eigenvalue weighted by Crippen LogP contribution is 2.38. The molecule has 14 heteroatoms. The zero-order valence-corrected chi connectivity index (χ0v) is 28.1. The van der Waals surface area contributed by atoms with Crippen molar-refractivity contribution in [3.63, 3.8) is 0 Å². The molecule has 0 fully saturated rings. The number of nitrogens with zero attached hydrogens (tertiary/aromatic N) is 7. The first kappa shape index (κ1) is 31.1. The molecule has 8 nitrogen and oxygen atoms in total. The molecule has 2 aromatic heterocycles. The molecule has 0 saturated carbocycles. The molecule has 1 unspecified atom stereocenters. The Morgan fingerprint density at radius 2 is 1.89 bits per heavy atom. The number of hydrogen-bond donors (Lipinski definition) is 0. The van der Waals surface area contributed by atoms with Crippen molar-refractivity contribution in [1.29, 1.82) is 0 Å². The molecule has 1 amide bonds. The summed E-state index contributed by atoms with van der Waals surface area (Å²) in [5.41, 5.74) is 7.57. The van der Waals surface area contributed by atoms with E-state index in [1.807, 2.05) is 43.3 Å². The number of aliphatic imine (C=N–C) groups is 3. The molecular weight excluding hydrogens is 621 g/mol. The summed E-state index contributed by atoms with van der Waals surface area (Å²) in [5.74, 6) is 2.40. The molecule has 3 aliphatic rings. The highest BCUT2D eigenvalue weighted by atomic mass is 35.5. The summed E-state index contributed by atoms with van der Waals surface area (Å²) >= 11 is 8.04. The van der Waals surface area contributed by atoms with Crippen molar-refractivity contribution >= 4 is 74.7 Å². The zero-order chi connectivity index (χ0) is 32.7. The average Bonchev–Trinajstić information content (AvgIpc) is 3.48. The molecular formula is C33H30B4ClN7OS. The second kappa shape index (κ2) is 13.0. The molecule has 0 saturated heterocycles. The molecule has 0 spiro atoms. The van der Waals surface area contributed by atoms with Crippen LogP contribution in [0.3, 0.4) is 0 Å². The van der Waals surface area contributed by atoms with E-state index in [-0.39, 0.29) is 5.94 Å². The van der Waals surface area contributed by atoms with Gasteiger partial charge in [0.25, 0.3) is 5.91 Å². The third-order valence-electron chi connectivity index (χ3n) is 8.82. The molecule has 1 atom stereocenters. The summed E-state index contributed by atoms with van der Waals surface area (Å²) in [7, 11) is 3.72. The number of benzene rings is 2. The quantitative estimate of drug-likeness (QED) is 0.172. The van der Waals surface area contributed by atoms with Crippen LogP contribution in [-0.2, 0) is 11.3 Å². The van der Waals surface area contributed by atoms with E-state index in [4.69, 9.17) is 21.6 Å². The Morgan fingerprint density at radius 1 is 1.09 bits per heavy atom. The number of amidine groups is 2. The van der Waals surface area contributed by atoms with Gasteiger partial charge in [-0.15, -0.1) is 21.5 Å². The summed E-state index contributed by atoms with van der Waals surface area (Å²) in [6.45, 7) is 10.6. The van der Waals surface area contributed by atoms with Gasteiger partial charge in [-0.2, -0.15) is 4.99 Å². The van der Waals surface area contributed by atoms with Gasteiger partial charge in [0.2, 0.25) is 0 Å². The normalized spacial score (nSPS) is 17.1. The van der Waals surface area contributed by atoms with E-state index in [2.05, 4.69) is 75.6 Å². The predicted octanol–water partition coefficient (Wildman–Crippen LogP) is 4.03. The van der Waals surface area contributed by atoms with E-state index in [0.29, 0.717) is 17.4 Å². The average molecular weight is 651 g/mol. The summed E-state index contributed by atoms with van der Waals surface area (Å²) in [6, 6.07) is 15.9. The summed E-state index contributed by atoms with van der Waals surface area (Å²) < 4.78 is 2.21. The lowest BCUT2D eigenvalue weighted by atomic mass is 9.06. The van der Waals surface area contributed by atoms with Crippen molar-refractivity contribution in [2.75, 3.05) is 0 Å². The van der Waals surface area contributed by atoms with E-state index in [1.165, 1.54) is 22.0 Å². The van der Waals surface area contributed by atoms with Crippen LogP contribution in [0.2, 0.25) is 5.02 Å². The second-order valence-electron chi connectivity index (χ2n) is 11.9. The van der Waals surface area contributed by atoms with Gasteiger partial charge < -0.3 is 4.90 Å². The fraction of sp³-hybridized carbons (Fsp3) is 0.152. The van der Waals surface area contributed by atoms with Gasteiger partial charge in [0.15, 0.2) is 11.7 Å². The fourth-order valence-electron chi connectivity index (χ4n) is 6.28. The number of halogens is 1. The van der Waals surface area contributed by atoms with Crippen molar-refractivity contribution in [2.24, 2.45) is 15.0 Å². The van der Waals surface area contributed by atoms with E-state index in [9.17, 15) is 4.79 Å². The minimum absolute atomic E-state index is 0.131. The van der Waals surface area contributed by atoms with Crippen LogP contribution in [0.5, 0.6) is 0 Å². The number of aromatic nitrogens is 3. The first-order valence-corrected chi connectivity index (χ1v) is 16.9. The highest BCUT2D eigenvalue weighted by Gasteiger charge is 2.31. The molecule has 2 aromatic carbocycles. The summed E-state index contributed by atoms with van der Waals surface area (Å²) in [4.78, 5) is 29.9. The molecule has 7 rings (SSSR count). The minimum atomic E-state index is -0.406. The van der Waals surface area contributed by atoms with Crippen LogP contribution in [0, 0.1) is 20.8 Å². The Labute approximate surface area is 285 Å². The maximum absolute atomic E-state index is 12.1. The fourth-order valence-corrected chi connectivity index (χ4v) is 7.62. The summed E-state index contributed by atoms with van der Waals surface area (Å²) in [5, 5.41) is 11.0. The Balaban J connectivity index is 1.12. The molecule has 0 N–H and O–H groups in total. The molecule has 0 bridgehead atoms. The van der Waals surface area contributed by atoms with Gasteiger partial charge in [0.05, 0.1) is 25.8 Å². The van der Waals surface area contributed by atoms with Gasteiger partial charge in [-0.3, -0.25) is 14.4 Å². The van der Waals surface area contributed by atoms with Gasteiger partial charge in [-0.1, -0.05) is 66.1 Å². The maximum Gasteiger partial charge on any atom is 0.271 e. The Morgan fingerprint density at radius 3 is 2.70 bits per heavy atom. The molecule has 3 aliphatic heterocycles. The van der Waals surface area contributed by atoms with Gasteiger partial charge in [0.1, 0.15) is 31.0 Å². The number of rotatable bonds is 7. The third kappa shape index (κ3) is 6.05. The number of carbonyl (C=O) groups excluding carboxylic acids is 1. The van der Waals surface area contributed by atoms with Crippen LogP contribution in [0.25, 0.3) is 5.00 Å². The summed E-state index contributed by atoms with van der Waals surface area (Å²) in [6.07, 6.45) is 7.50. The molecule has 4 aromatic rings. The molecule has 5 heterocycles. The van der Waals surface area contributed by atoms with E-state index in [1.54, 1.807) is 11.3 Å². The molecule has 0 radical (unpaired) electrons. The standard InChI is InChI=1S/C33H30B4ClN7OS/c1-5-27(46)40-31-25-9-7-6-8-22(25)16-44-17-23(12-15-26(44)39-31)34-36-37-35-30-32-43-42-20(4)45(32)33-28(18(2)19(3)47-33)29(41-30)21-10-13-24(38)14-11-21/h5-15,17,30,34-37H,1,16H2,2-4H3/b40-31-. The lowest BCUT2D eigenvalue weighted by molar-refractivity contribution is -0.113. The maximum atomic E-state index is 12.1. The van der Waals surface area contributed by atoms with Crippen molar-refractivity contribution in [2.45, 2.75) is 33.3 Å². The van der Waals surface area contributed by atoms with E-state index < -0.39 is 5.91 Å². The van der Waals surface area contributed by atoms with Crippen LogP contribution in [0.15, 0.2) is 100.0 Å². The third-order valence-corrected chi connectivity index (χ3v) is 10.3. The van der Waals surface area contributed by atoms with Crippen LogP contribution >= 0.6 is 22.9 Å². The molecule has 0 aliphatic carbocycles. The minimum Gasteiger partial charge on any atom is -0.329 e. The Kier molecular flexibility index (Phi) is 8.59. The highest BCUT2D eigenvalue weighted by molar-refractivity contribution is 7.45. The topological polar surface area (TPSA) is 88.1 Å². The second-order valence-corrected chi connectivity index (χ2v) is 13.6. The van der Waals surface area contributed by atoms with Crippen molar-refractivity contribution < 1.29 is 4.79 Å². The molecule has 47 heavy (non-hydrogen) atoms. The number of fused-ring (bicyclic) bond motifs is 5. The van der Waals surface area contributed by atoms with Crippen molar-refractivity contribution in [1.82, 2.24) is 19.7 Å². The monoisotopic (exact) mass is 651 g/mol. The first-order valence-electron chi connectivity index (χ1n) is 15.7. The van der Waals surface area contributed by atoms with Crippen molar-refractivity contribution in [3.05, 3.63) is 134 Å². The Bertz CT molecular complexity index is 2080. The smallest absolute Gasteiger partial charge is 0.271 e. The SMILES string of the molecule is C=CC(=O)/N=C1\N=C2C=CC(BBBBC3N=C(c4ccc(Cl)cc4)c4c(sc(C)c4C)-n4c(C)nnc43)=CN2Cc2ccccc21. The number of aryl methyl sites for hydroxylation is 2. The van der Waals surface area contributed by atoms with E-state index >= 15 is 0 Å². The number of carbonyl (C=O) groups is 1. The predicted molar refractivity (Wildman–Crippen MR) is 200 cm³/mol. The number of allylic oxidation sites excluding steroid dienone is 2. The van der Waals surface area contributed by atoms with Crippen LogP contribution in [0.4, 0.5) is 0 Å². The van der Waals surface area contributed by atoms with Gasteiger partial charge in [0, 0.05) is 33.1 Å². The Hall–Kier alpha value is -4.47. The van der Waals surface area contributed by atoms with Gasteiger partial charge >= 0.3 is 0 Å². The lowest BCUT2D eigenvalue weighted by Gasteiger charge is -2.23. The lowest BCUT2D eigenvalue weighted by Crippen LogP contribution is -2.29. The largest absolute Gasteiger partial charge is 0.329 e. The van der Waals surface area contributed by atoms with E-state index in [0.717, 1.165) is 78.9 Å². The number of amides is 1. The zero-order valence-electron chi connectivity index (χ0n) is 26.6. The van der Waals surface area contributed by atoms with Gasteiger partial charge in [-0.05, 0) is 62.4 Å². The molecule has 228 valence electrons.